The molecular weight excluding hydrogens is 1330 g/mol. The summed E-state index contributed by atoms with van der Waals surface area (Å²) in [6, 6.07) is 31.8. The van der Waals surface area contributed by atoms with E-state index in [-0.39, 0.29) is 17.2 Å². The molecule has 4 aromatic carbocycles. The summed E-state index contributed by atoms with van der Waals surface area (Å²) < 4.78 is 3.89. The summed E-state index contributed by atoms with van der Waals surface area (Å²) in [5.74, 6) is -0.0123. The van der Waals surface area contributed by atoms with E-state index in [0.717, 1.165) is 150 Å². The van der Waals surface area contributed by atoms with Gasteiger partial charge in [-0.15, -0.1) is 11.6 Å². The summed E-state index contributed by atoms with van der Waals surface area (Å²) in [6.45, 7) is 4.16. The number of aryl methyl sites for hydroxylation is 8. The third kappa shape index (κ3) is 13.3. The number of ketones is 1. The molecule has 8 aromatic rings. The maximum Gasteiger partial charge on any atom is 0.211 e. The van der Waals surface area contributed by atoms with E-state index in [4.69, 9.17) is 63.0 Å². The molecule has 1 aliphatic heterocycles. The van der Waals surface area contributed by atoms with Crippen molar-refractivity contribution < 1.29 is 9.90 Å². The number of benzene rings is 4. The predicted octanol–water partition coefficient (Wildman–Crippen LogP) is 16.0. The fourth-order valence-electron chi connectivity index (χ4n) is 10.8. The van der Waals surface area contributed by atoms with Crippen LogP contribution >= 0.6 is 122 Å². The van der Waals surface area contributed by atoms with Gasteiger partial charge in [-0.05, 0) is 255 Å². The van der Waals surface area contributed by atoms with Gasteiger partial charge in [0, 0.05) is 94.5 Å². The average molecular weight is 1380 g/mol. The molecule has 0 bridgehead atoms. The minimum atomic E-state index is -0.664. The molecule has 0 spiro atoms. The van der Waals surface area contributed by atoms with E-state index < -0.39 is 6.10 Å². The Morgan fingerprint density at radius 3 is 1.47 bits per heavy atom. The minimum absolute atomic E-state index is 0.0123. The molecule has 13 rings (SSSR count). The van der Waals surface area contributed by atoms with Crippen LogP contribution in [0.1, 0.15) is 112 Å². The molecule has 0 amide bonds. The Hall–Kier alpha value is -3.60. The van der Waals surface area contributed by atoms with Crippen molar-refractivity contribution in [3.05, 3.63) is 249 Å². The van der Waals surface area contributed by atoms with Crippen LogP contribution in [0.15, 0.2) is 140 Å². The molecule has 3 atom stereocenters. The topological polar surface area (TPSA) is 104 Å². The number of carbonyl (C=O) groups is 1. The average Bonchev–Trinajstić information content (AvgIpc) is 3.85. The van der Waals surface area contributed by atoms with E-state index in [1.54, 1.807) is 30.7 Å². The molecule has 17 heteroatoms. The number of aliphatic hydroxyl groups excluding tert-OH is 1. The number of hydrogen-bond acceptors (Lipinski definition) is 8. The van der Waals surface area contributed by atoms with Crippen LogP contribution in [0.3, 0.4) is 0 Å². The monoisotopic (exact) mass is 1380 g/mol. The smallest absolute Gasteiger partial charge is 0.211 e. The van der Waals surface area contributed by atoms with Crippen LogP contribution in [-0.4, -0.2) is 61.9 Å². The van der Waals surface area contributed by atoms with Gasteiger partial charge in [0.25, 0.3) is 0 Å². The summed E-state index contributed by atoms with van der Waals surface area (Å²) in [5, 5.41) is 16.7. The number of alkyl halides is 1. The van der Waals surface area contributed by atoms with Crippen LogP contribution in [0.4, 0.5) is 0 Å². The van der Waals surface area contributed by atoms with Crippen LogP contribution in [-0.2, 0) is 51.4 Å². The standard InChI is InChI=1S/C18H19BrClN3.C14H10BrCl2N.C14H11BrClNO.C14H9BrClNO/c19-14-9-13-2-1-12-10-15(20)3-4-16(12)18(17(13)22-11-14)23-7-5-21-6-8-23;15-10-5-9-2-1-8-6-11(16)3-4-12(8)13(17)14(9)18-7-10;2*15-10-5-9-2-1-8-6-11(16)3-4-12(8)14(18)13(9)17-7-10/h3-4,9-11,18,21H,1-2,5-8H2;3-7,13H,1-2H2;3-7,14,18H,1-2H2;3-7H,1-2H2. The van der Waals surface area contributed by atoms with Crippen LogP contribution in [0.5, 0.6) is 0 Å². The highest BCUT2D eigenvalue weighted by atomic mass is 79.9. The summed E-state index contributed by atoms with van der Waals surface area (Å²) in [5.41, 5.74) is 16.9. The molecule has 3 unspecified atom stereocenters. The number of pyridine rings is 4. The number of piperazine rings is 1. The first-order valence-corrected chi connectivity index (χ1v) is 30.3. The highest BCUT2D eigenvalue weighted by Gasteiger charge is 2.32. The van der Waals surface area contributed by atoms with Gasteiger partial charge < -0.3 is 10.4 Å². The van der Waals surface area contributed by atoms with Gasteiger partial charge in [-0.3, -0.25) is 29.6 Å². The number of carbonyl (C=O) groups excluding carboxylic acids is 1. The number of nitrogens with one attached hydrogen (secondary N) is 1. The predicted molar refractivity (Wildman–Crippen MR) is 325 cm³/mol. The molecule has 8 nitrogen and oxygen atoms in total. The van der Waals surface area contributed by atoms with Crippen LogP contribution < -0.4 is 5.32 Å². The van der Waals surface area contributed by atoms with Crippen molar-refractivity contribution in [1.82, 2.24) is 30.2 Å². The van der Waals surface area contributed by atoms with Gasteiger partial charge in [-0.25, -0.2) is 0 Å². The Balaban J connectivity index is 0.000000117. The van der Waals surface area contributed by atoms with Gasteiger partial charge in [0.05, 0.1) is 23.1 Å². The first-order chi connectivity index (χ1) is 37.2. The summed E-state index contributed by atoms with van der Waals surface area (Å²) in [4.78, 5) is 32.9. The number of hydrogen-bond donors (Lipinski definition) is 2. The van der Waals surface area contributed by atoms with Crippen molar-refractivity contribution in [1.29, 1.82) is 0 Å². The van der Waals surface area contributed by atoms with Crippen LogP contribution in [0.2, 0.25) is 20.1 Å². The second-order valence-corrected chi connectivity index (χ2v) is 25.2. The lowest BCUT2D eigenvalue weighted by atomic mass is 9.96. The Bertz CT molecular complexity index is 3200. The van der Waals surface area contributed by atoms with Gasteiger partial charge in [0.15, 0.2) is 0 Å². The molecule has 0 radical (unpaired) electrons. The number of nitrogens with zero attached hydrogens (tertiary/aromatic N) is 5. The SMILES string of the molecule is Clc1ccc2c(c1)CCc1cc(Br)cnc1C2Cl.Clc1ccc2c(c1)CCc1cc(Br)cnc1C2N1CCNCC1.O=C1c2ccc(Cl)cc2CCc2cc(Br)cnc21.OC1c2ccc(Cl)cc2CCc2cc(Br)cnc21. The van der Waals surface area contributed by atoms with Crippen molar-refractivity contribution >= 4 is 128 Å². The summed E-state index contributed by atoms with van der Waals surface area (Å²) in [7, 11) is 0. The molecule has 4 aliphatic carbocycles. The summed E-state index contributed by atoms with van der Waals surface area (Å²) in [6.07, 6.45) is 13.7. The highest BCUT2D eigenvalue weighted by Crippen LogP contribution is 2.40. The van der Waals surface area contributed by atoms with E-state index >= 15 is 0 Å². The van der Waals surface area contributed by atoms with Gasteiger partial charge in [-0.1, -0.05) is 64.6 Å². The molecule has 0 saturated carbocycles. The molecule has 1 saturated heterocycles. The fourth-order valence-corrected chi connectivity index (χ4v) is 13.5. The van der Waals surface area contributed by atoms with Crippen LogP contribution in [0.25, 0.3) is 0 Å². The van der Waals surface area contributed by atoms with Gasteiger partial charge in [0.2, 0.25) is 5.78 Å². The Morgan fingerprint density at radius 1 is 0.468 bits per heavy atom. The van der Waals surface area contributed by atoms with Gasteiger partial charge in [0.1, 0.15) is 17.2 Å². The largest absolute Gasteiger partial charge is 0.382 e. The highest BCUT2D eigenvalue weighted by molar-refractivity contribution is 9.11. The minimum Gasteiger partial charge on any atom is -0.382 e. The van der Waals surface area contributed by atoms with Crippen molar-refractivity contribution in [2.75, 3.05) is 26.2 Å². The third-order valence-electron chi connectivity index (χ3n) is 14.5. The third-order valence-corrected chi connectivity index (χ3v) is 17.6. The first-order valence-electron chi connectivity index (χ1n) is 25.2. The fraction of sp³-hybridized carbons (Fsp3) is 0.250. The van der Waals surface area contributed by atoms with Crippen molar-refractivity contribution in [3.8, 4) is 0 Å². The maximum atomic E-state index is 12.4. The second-order valence-electron chi connectivity index (χ2n) is 19.4. The number of rotatable bonds is 1. The normalized spacial score (nSPS) is 17.9. The van der Waals surface area contributed by atoms with Crippen molar-refractivity contribution in [2.45, 2.75) is 68.9 Å². The molecule has 1 fully saturated rings. The molecular formula is C60H49Br4Cl5N6O2. The lowest BCUT2D eigenvalue weighted by Gasteiger charge is -2.35. The van der Waals surface area contributed by atoms with E-state index in [1.165, 1.54) is 33.5 Å². The lowest BCUT2D eigenvalue weighted by molar-refractivity contribution is 0.103. The number of aliphatic hydroxyl groups is 1. The number of fused-ring (bicyclic) bond motifs is 8. The van der Waals surface area contributed by atoms with E-state index in [1.807, 2.05) is 66.9 Å². The molecule has 394 valence electrons. The first kappa shape index (κ1) is 56.7. The number of aromatic nitrogens is 4. The Labute approximate surface area is 507 Å². The lowest BCUT2D eigenvalue weighted by Crippen LogP contribution is -2.45. The Morgan fingerprint density at radius 2 is 0.870 bits per heavy atom. The molecule has 77 heavy (non-hydrogen) atoms. The second kappa shape index (κ2) is 25.5. The van der Waals surface area contributed by atoms with E-state index in [0.29, 0.717) is 21.3 Å². The van der Waals surface area contributed by atoms with E-state index in [2.05, 4.69) is 113 Å². The Kier molecular flexibility index (Phi) is 18.7. The molecule has 4 aromatic heterocycles. The molecule has 2 N–H and O–H groups in total. The zero-order valence-corrected chi connectivity index (χ0v) is 51.4. The number of halogens is 9. The van der Waals surface area contributed by atoms with Gasteiger partial charge in [-0.2, -0.15) is 0 Å². The maximum absolute atomic E-state index is 12.4. The van der Waals surface area contributed by atoms with Gasteiger partial charge >= 0.3 is 0 Å². The van der Waals surface area contributed by atoms with Crippen molar-refractivity contribution in [2.24, 2.45) is 0 Å². The zero-order chi connectivity index (χ0) is 53.9. The quantitative estimate of drug-likeness (QED) is 0.157. The van der Waals surface area contributed by atoms with E-state index in [9.17, 15) is 9.90 Å². The van der Waals surface area contributed by atoms with Crippen LogP contribution in [0, 0.1) is 0 Å². The summed E-state index contributed by atoms with van der Waals surface area (Å²) >= 11 is 44.7. The zero-order valence-electron chi connectivity index (χ0n) is 41.3. The molecule has 5 aliphatic rings. The van der Waals surface area contributed by atoms with Crippen molar-refractivity contribution in [3.63, 3.8) is 0 Å². The molecule has 5 heterocycles.